The number of ketones is 3. The first kappa shape index (κ1) is 98.3. The largest absolute Gasteiger partial charge is 0.481 e. The molecule has 0 radical (unpaired) electrons. The molecule has 0 heterocycles. The number of rotatable bonds is 72. The maximum absolute atomic E-state index is 13.9. The number of aliphatic carboxylic acids is 1. The van der Waals surface area contributed by atoms with E-state index in [4.69, 9.17) is 41.3 Å². The zero-order valence-corrected chi connectivity index (χ0v) is 62.6. The van der Waals surface area contributed by atoms with Gasteiger partial charge in [-0.1, -0.05) is 110 Å². The quantitative estimate of drug-likeness (QED) is 0.0335. The van der Waals surface area contributed by atoms with Crippen LogP contribution in [0.4, 0.5) is 0 Å². The number of carboxylic acid groups (broad SMARTS) is 1. The van der Waals surface area contributed by atoms with Crippen LogP contribution in [0.1, 0.15) is 226 Å². The molecule has 0 rings (SSSR count). The van der Waals surface area contributed by atoms with Gasteiger partial charge in [-0.15, -0.1) is 0 Å². The second kappa shape index (κ2) is 64.5. The fourth-order valence-electron chi connectivity index (χ4n) is 10.6. The molecule has 0 fully saturated rings. The normalized spacial score (nSPS) is 13.1. The van der Waals surface area contributed by atoms with Gasteiger partial charge in [0.05, 0.1) is 65.4 Å². The highest BCUT2D eigenvalue weighted by Crippen LogP contribution is 2.16. The second-order valence-electron chi connectivity index (χ2n) is 26.1. The van der Waals surface area contributed by atoms with Crippen molar-refractivity contribution in [2.75, 3.05) is 92.3 Å². The number of carbonyl (C=O) groups excluding carboxylic acids is 14. The van der Waals surface area contributed by atoms with Crippen LogP contribution < -0.4 is 65.1 Å². The molecule has 106 heavy (non-hydrogen) atoms. The predicted molar refractivity (Wildman–Crippen MR) is 388 cm³/mol. The standard InChI is InChI=1S/C71H126N12O23/c1-3-4-27-52(50(2)87)77-62(92)30-23-29-59(89)56(45-84)82-68(99)54(32-34-60(73)90)80-67(98)53(28-21-22-36-72)79-71(102)58(47-86)83-69(100)55(33-35-61(74)91)81-70(101)57(46-85)78-63(93)44-76-65(95)49-106-43-41-104-39-37-75-64(94)48-105-42-40-103-38-24-26-51(88)25-19-17-15-13-11-9-7-5-6-8-10-12-14-16-18-20-31-66(96)97/h52-58,84-86H,3-49,72H2,1-2H3,(H2,73,90)(H2,74,91)(H,75,94)(H,76,95)(H,77,92)(H,78,93)(H,79,102)(H,80,98)(H,81,101)(H,82,99)(H,83,100)(H,96,97)/t52-,53+,54-,55-,56-,57+,58-/m0/s1. The SMILES string of the molecule is CCCC[C@H](NC(=O)CCCC(=O)[C@H](CO)NC(=O)[C@H](CCC(N)=O)NC(=O)[C@@H](CCCCN)NC(=O)[C@H](CO)NC(=O)[C@H](CCC(N)=O)NC(=O)[C@@H](CO)NC(=O)CNC(=O)COCCOCCNC(=O)COCCOCCCC(=O)CCCCCCCCCCCCCCCCCCC(=O)O)C(C)=O. The summed E-state index contributed by atoms with van der Waals surface area (Å²) in [5.74, 6) is -11.4. The van der Waals surface area contributed by atoms with Gasteiger partial charge < -0.3 is 104 Å². The Morgan fingerprint density at radius 3 is 1.21 bits per heavy atom. The summed E-state index contributed by atoms with van der Waals surface area (Å²) < 4.78 is 21.5. The Balaban J connectivity index is 4.88. The fraction of sp³-hybridized carbons (Fsp3) is 0.789. The molecule has 19 N–H and O–H groups in total. The third-order valence-electron chi connectivity index (χ3n) is 16.8. The van der Waals surface area contributed by atoms with Gasteiger partial charge >= 0.3 is 5.97 Å². The molecule has 35 nitrogen and oxygen atoms in total. The van der Waals surface area contributed by atoms with Gasteiger partial charge in [0.25, 0.3) is 0 Å². The molecule has 0 aliphatic carbocycles. The second-order valence-corrected chi connectivity index (χ2v) is 26.1. The molecule has 0 saturated heterocycles. The van der Waals surface area contributed by atoms with E-state index in [9.17, 15) is 87.2 Å². The van der Waals surface area contributed by atoms with Crippen molar-refractivity contribution in [1.82, 2.24) is 47.9 Å². The highest BCUT2D eigenvalue weighted by Gasteiger charge is 2.34. The summed E-state index contributed by atoms with van der Waals surface area (Å²) >= 11 is 0. The highest BCUT2D eigenvalue weighted by molar-refractivity contribution is 5.98. The Morgan fingerprint density at radius 2 is 0.745 bits per heavy atom. The van der Waals surface area contributed by atoms with Crippen LogP contribution >= 0.6 is 0 Å². The van der Waals surface area contributed by atoms with Crippen LogP contribution in [-0.2, 0) is 90.9 Å². The monoisotopic (exact) mass is 1510 g/mol. The number of aliphatic hydroxyl groups is 3. The fourth-order valence-corrected chi connectivity index (χ4v) is 10.6. The number of unbranched alkanes of at least 4 members (excludes halogenated alkanes) is 17. The lowest BCUT2D eigenvalue weighted by Crippen LogP contribution is -2.60. The number of nitrogens with two attached hydrogens (primary N) is 3. The number of aliphatic hydroxyl groups excluding tert-OH is 3. The molecule has 0 unspecified atom stereocenters. The van der Waals surface area contributed by atoms with Crippen molar-refractivity contribution >= 4 is 88.3 Å². The molecule has 0 aromatic rings. The molecule has 0 aromatic carbocycles. The number of hydrogen-bond acceptors (Lipinski definition) is 23. The summed E-state index contributed by atoms with van der Waals surface area (Å²) in [7, 11) is 0. The molecule has 0 bridgehead atoms. The Labute approximate surface area is 622 Å². The molecule has 0 aliphatic rings. The van der Waals surface area contributed by atoms with Crippen molar-refractivity contribution in [2.45, 2.75) is 268 Å². The van der Waals surface area contributed by atoms with Gasteiger partial charge in [0.2, 0.25) is 65.0 Å². The molecular weight excluding hydrogens is 1390 g/mol. The minimum atomic E-state index is -1.87. The molecule has 0 aliphatic heterocycles. The lowest BCUT2D eigenvalue weighted by molar-refractivity contribution is -0.137. The van der Waals surface area contributed by atoms with E-state index < -0.39 is 172 Å². The van der Waals surface area contributed by atoms with E-state index in [1.54, 1.807) is 0 Å². The Hall–Kier alpha value is -7.67. The molecule has 0 saturated carbocycles. The molecule has 11 amide bonds. The van der Waals surface area contributed by atoms with Gasteiger partial charge in [-0.05, 0) is 77.7 Å². The third-order valence-corrected chi connectivity index (χ3v) is 16.8. The van der Waals surface area contributed by atoms with Crippen molar-refractivity contribution in [3.63, 3.8) is 0 Å². The Morgan fingerprint density at radius 1 is 0.349 bits per heavy atom. The molecule has 35 heteroatoms. The van der Waals surface area contributed by atoms with Gasteiger partial charge in [0, 0.05) is 58.1 Å². The molecular formula is C71H126N12O23. The van der Waals surface area contributed by atoms with Crippen molar-refractivity contribution < 1.29 is 111 Å². The first-order valence-corrected chi connectivity index (χ1v) is 37.6. The summed E-state index contributed by atoms with van der Waals surface area (Å²) in [5.41, 5.74) is 16.3. The zero-order valence-electron chi connectivity index (χ0n) is 62.6. The summed E-state index contributed by atoms with van der Waals surface area (Å²) in [6.45, 7) is 0.0776. The van der Waals surface area contributed by atoms with Crippen LogP contribution in [-0.4, -0.2) is 243 Å². The number of nitrogens with one attached hydrogen (secondary N) is 9. The predicted octanol–water partition coefficient (Wildman–Crippen LogP) is -0.710. The molecule has 7 atom stereocenters. The topological polar surface area (TPSA) is 560 Å². The number of carbonyl (C=O) groups is 15. The highest BCUT2D eigenvalue weighted by atomic mass is 16.5. The lowest BCUT2D eigenvalue weighted by Gasteiger charge is -2.27. The minimum absolute atomic E-state index is 0.0138. The smallest absolute Gasteiger partial charge is 0.303 e. The van der Waals surface area contributed by atoms with E-state index in [0.29, 0.717) is 45.1 Å². The van der Waals surface area contributed by atoms with Gasteiger partial charge in [0.1, 0.15) is 55.2 Å². The average Bonchev–Trinajstić information content (AvgIpc) is 0.864. The Kier molecular flexibility index (Phi) is 59.8. The number of primary amides is 2. The van der Waals surface area contributed by atoms with E-state index in [2.05, 4.69) is 47.9 Å². The van der Waals surface area contributed by atoms with Gasteiger partial charge in [-0.3, -0.25) is 71.9 Å². The lowest BCUT2D eigenvalue weighted by atomic mass is 10.0. The van der Waals surface area contributed by atoms with Crippen LogP contribution in [0, 0.1) is 0 Å². The number of amides is 11. The summed E-state index contributed by atoms with van der Waals surface area (Å²) in [6, 6.07) is -10.7. The first-order chi connectivity index (χ1) is 50.8. The number of carboxylic acids is 1. The Bertz CT molecular complexity index is 2610. The van der Waals surface area contributed by atoms with Crippen LogP contribution in [0.5, 0.6) is 0 Å². The molecule has 608 valence electrons. The number of Topliss-reactive ketones (excluding diaryl/α,β-unsaturated/α-hetero) is 3. The van der Waals surface area contributed by atoms with E-state index in [1.165, 1.54) is 71.1 Å². The van der Waals surface area contributed by atoms with Crippen molar-refractivity contribution in [2.24, 2.45) is 17.2 Å². The minimum Gasteiger partial charge on any atom is -0.481 e. The third kappa shape index (κ3) is 54.0. The van der Waals surface area contributed by atoms with Crippen molar-refractivity contribution in [1.29, 1.82) is 0 Å². The summed E-state index contributed by atoms with van der Waals surface area (Å²) in [5, 5.41) is 60.3. The van der Waals surface area contributed by atoms with Crippen LogP contribution in [0.15, 0.2) is 0 Å². The van der Waals surface area contributed by atoms with Crippen molar-refractivity contribution in [3.05, 3.63) is 0 Å². The van der Waals surface area contributed by atoms with Gasteiger partial charge in [0.15, 0.2) is 11.6 Å². The van der Waals surface area contributed by atoms with Crippen LogP contribution in [0.2, 0.25) is 0 Å². The summed E-state index contributed by atoms with van der Waals surface area (Å²) in [6.07, 6.45) is 20.4. The number of ether oxygens (including phenoxy) is 4. The van der Waals surface area contributed by atoms with E-state index in [1.807, 2.05) is 6.92 Å². The van der Waals surface area contributed by atoms with E-state index >= 15 is 0 Å². The van der Waals surface area contributed by atoms with E-state index in [-0.39, 0.29) is 109 Å². The average molecular weight is 1520 g/mol. The van der Waals surface area contributed by atoms with Crippen LogP contribution in [0.3, 0.4) is 0 Å². The van der Waals surface area contributed by atoms with Crippen molar-refractivity contribution in [3.8, 4) is 0 Å². The number of hydrogen-bond donors (Lipinski definition) is 16. The van der Waals surface area contributed by atoms with E-state index in [0.717, 1.165) is 44.9 Å². The zero-order chi connectivity index (χ0) is 79.1. The van der Waals surface area contributed by atoms with Gasteiger partial charge in [-0.25, -0.2) is 0 Å². The molecule has 0 spiro atoms. The maximum atomic E-state index is 13.9. The maximum Gasteiger partial charge on any atom is 0.303 e. The van der Waals surface area contributed by atoms with Gasteiger partial charge in [-0.2, -0.15) is 0 Å². The summed E-state index contributed by atoms with van der Waals surface area (Å²) in [4.78, 5) is 190. The first-order valence-electron chi connectivity index (χ1n) is 37.6. The van der Waals surface area contributed by atoms with Crippen LogP contribution in [0.25, 0.3) is 0 Å². The molecule has 0 aromatic heterocycles.